The first-order valence-corrected chi connectivity index (χ1v) is 5.38. The zero-order chi connectivity index (χ0) is 11.5. The lowest BCUT2D eigenvalue weighted by molar-refractivity contribution is -0.128. The first kappa shape index (κ1) is 10.7. The van der Waals surface area contributed by atoms with Crippen LogP contribution in [0.1, 0.15) is 12.0 Å². The highest BCUT2D eigenvalue weighted by molar-refractivity contribution is 5.79. The minimum atomic E-state index is 0.133. The van der Waals surface area contributed by atoms with Crippen molar-refractivity contribution < 1.29 is 9.90 Å². The summed E-state index contributed by atoms with van der Waals surface area (Å²) in [5, 5.41) is 9.62. The molecular formula is C13H15NO2. The van der Waals surface area contributed by atoms with Crippen LogP contribution in [0.3, 0.4) is 0 Å². The Bertz CT molecular complexity index is 414. The second-order valence-corrected chi connectivity index (χ2v) is 4.10. The van der Waals surface area contributed by atoms with Crippen molar-refractivity contribution in [2.45, 2.75) is 13.0 Å². The lowest BCUT2D eigenvalue weighted by Gasteiger charge is -2.16. The third-order valence-corrected chi connectivity index (χ3v) is 2.93. The number of amides is 1. The van der Waals surface area contributed by atoms with Crippen molar-refractivity contribution in [2.75, 3.05) is 6.54 Å². The van der Waals surface area contributed by atoms with E-state index in [9.17, 15) is 9.90 Å². The Morgan fingerprint density at radius 3 is 2.88 bits per heavy atom. The van der Waals surface area contributed by atoms with E-state index < -0.39 is 0 Å². The normalized spacial score (nSPS) is 20.1. The fourth-order valence-corrected chi connectivity index (χ4v) is 1.96. The standard InChI is InChI=1S/C13H15NO2/c1-2-10-7-13(16)14(8-10)9-11-5-3-4-6-12(11)15/h2-6,10,15H,1,7-9H2. The Labute approximate surface area is 95.0 Å². The summed E-state index contributed by atoms with van der Waals surface area (Å²) in [6, 6.07) is 7.11. The third kappa shape index (κ3) is 2.08. The smallest absolute Gasteiger partial charge is 0.223 e. The van der Waals surface area contributed by atoms with Crippen molar-refractivity contribution in [1.82, 2.24) is 4.90 Å². The molecule has 1 aliphatic rings. The number of likely N-dealkylation sites (tertiary alicyclic amines) is 1. The van der Waals surface area contributed by atoms with Gasteiger partial charge in [-0.15, -0.1) is 6.58 Å². The lowest BCUT2D eigenvalue weighted by Crippen LogP contribution is -2.24. The summed E-state index contributed by atoms with van der Waals surface area (Å²) in [7, 11) is 0. The van der Waals surface area contributed by atoms with E-state index in [0.29, 0.717) is 19.5 Å². The van der Waals surface area contributed by atoms with Crippen molar-refractivity contribution in [3.63, 3.8) is 0 Å². The number of benzene rings is 1. The van der Waals surface area contributed by atoms with E-state index in [1.54, 1.807) is 17.0 Å². The van der Waals surface area contributed by atoms with Gasteiger partial charge < -0.3 is 10.0 Å². The molecule has 84 valence electrons. The molecule has 1 amide bonds. The van der Waals surface area contributed by atoms with Gasteiger partial charge in [-0.25, -0.2) is 0 Å². The fraction of sp³-hybridized carbons (Fsp3) is 0.308. The predicted molar refractivity (Wildman–Crippen MR) is 61.8 cm³/mol. The van der Waals surface area contributed by atoms with Crippen LogP contribution < -0.4 is 0 Å². The molecule has 1 N–H and O–H groups in total. The summed E-state index contributed by atoms with van der Waals surface area (Å²) < 4.78 is 0. The average Bonchev–Trinajstić information content (AvgIpc) is 2.63. The maximum absolute atomic E-state index is 11.7. The number of phenols is 1. The van der Waals surface area contributed by atoms with Crippen LogP contribution in [-0.4, -0.2) is 22.5 Å². The topological polar surface area (TPSA) is 40.5 Å². The van der Waals surface area contributed by atoms with Gasteiger partial charge in [0.05, 0.1) is 0 Å². The maximum atomic E-state index is 11.7. The van der Waals surface area contributed by atoms with Gasteiger partial charge in [-0.1, -0.05) is 24.3 Å². The van der Waals surface area contributed by atoms with Crippen molar-refractivity contribution in [2.24, 2.45) is 5.92 Å². The summed E-state index contributed by atoms with van der Waals surface area (Å²) in [5.41, 5.74) is 0.792. The average molecular weight is 217 g/mol. The van der Waals surface area contributed by atoms with E-state index in [1.807, 2.05) is 18.2 Å². The first-order valence-electron chi connectivity index (χ1n) is 5.38. The van der Waals surface area contributed by atoms with Gasteiger partial charge in [0.25, 0.3) is 0 Å². The number of rotatable bonds is 3. The minimum Gasteiger partial charge on any atom is -0.508 e. The first-order chi connectivity index (χ1) is 7.70. The second kappa shape index (κ2) is 4.39. The van der Waals surface area contributed by atoms with Gasteiger partial charge in [0.15, 0.2) is 0 Å². The molecule has 1 fully saturated rings. The van der Waals surface area contributed by atoms with E-state index in [2.05, 4.69) is 6.58 Å². The highest BCUT2D eigenvalue weighted by Crippen LogP contribution is 2.24. The van der Waals surface area contributed by atoms with Gasteiger partial charge in [-0.05, 0) is 6.07 Å². The monoisotopic (exact) mass is 217 g/mol. The van der Waals surface area contributed by atoms with Crippen LogP contribution in [0, 0.1) is 5.92 Å². The Kier molecular flexibility index (Phi) is 2.95. The van der Waals surface area contributed by atoms with Crippen LogP contribution >= 0.6 is 0 Å². The van der Waals surface area contributed by atoms with E-state index in [-0.39, 0.29) is 17.6 Å². The molecule has 2 rings (SSSR count). The van der Waals surface area contributed by atoms with Gasteiger partial charge in [-0.3, -0.25) is 4.79 Å². The molecule has 1 aromatic rings. The summed E-state index contributed by atoms with van der Waals surface area (Å²) >= 11 is 0. The lowest BCUT2D eigenvalue weighted by atomic mass is 10.1. The van der Waals surface area contributed by atoms with Crippen molar-refractivity contribution in [3.05, 3.63) is 42.5 Å². The van der Waals surface area contributed by atoms with Gasteiger partial charge in [0, 0.05) is 31.0 Å². The van der Waals surface area contributed by atoms with E-state index >= 15 is 0 Å². The molecule has 3 heteroatoms. The number of phenolic OH excluding ortho intramolecular Hbond substituents is 1. The Balaban J connectivity index is 2.08. The number of para-hydroxylation sites is 1. The molecule has 16 heavy (non-hydrogen) atoms. The van der Waals surface area contributed by atoms with Crippen molar-refractivity contribution in [3.8, 4) is 5.75 Å². The largest absolute Gasteiger partial charge is 0.508 e. The molecule has 1 aliphatic heterocycles. The molecule has 1 aromatic carbocycles. The van der Waals surface area contributed by atoms with Crippen LogP contribution in [0.2, 0.25) is 0 Å². The van der Waals surface area contributed by atoms with E-state index in [0.717, 1.165) is 5.56 Å². The minimum absolute atomic E-state index is 0.133. The van der Waals surface area contributed by atoms with E-state index in [1.165, 1.54) is 0 Å². The summed E-state index contributed by atoms with van der Waals surface area (Å²) in [5.74, 6) is 0.629. The molecule has 0 aliphatic carbocycles. The van der Waals surface area contributed by atoms with Crippen LogP contribution in [0.15, 0.2) is 36.9 Å². The van der Waals surface area contributed by atoms with Gasteiger partial charge in [-0.2, -0.15) is 0 Å². The maximum Gasteiger partial charge on any atom is 0.223 e. The molecule has 1 saturated heterocycles. The number of hydrogen-bond donors (Lipinski definition) is 1. The molecule has 0 saturated carbocycles. The highest BCUT2D eigenvalue weighted by Gasteiger charge is 2.27. The van der Waals surface area contributed by atoms with Crippen LogP contribution in [0.25, 0.3) is 0 Å². The van der Waals surface area contributed by atoms with E-state index in [4.69, 9.17) is 0 Å². The molecule has 0 spiro atoms. The molecule has 0 bridgehead atoms. The molecule has 0 radical (unpaired) electrons. The van der Waals surface area contributed by atoms with Crippen LogP contribution in [0.4, 0.5) is 0 Å². The Hall–Kier alpha value is -1.77. The summed E-state index contributed by atoms with van der Waals surface area (Å²) in [4.78, 5) is 13.4. The van der Waals surface area contributed by atoms with Gasteiger partial charge >= 0.3 is 0 Å². The second-order valence-electron chi connectivity index (χ2n) is 4.10. The Morgan fingerprint density at radius 1 is 1.50 bits per heavy atom. The summed E-state index contributed by atoms with van der Waals surface area (Å²) in [6.07, 6.45) is 2.36. The Morgan fingerprint density at radius 2 is 2.25 bits per heavy atom. The predicted octanol–water partition coefficient (Wildman–Crippen LogP) is 1.93. The number of aromatic hydroxyl groups is 1. The highest BCUT2D eigenvalue weighted by atomic mass is 16.3. The zero-order valence-corrected chi connectivity index (χ0v) is 9.10. The van der Waals surface area contributed by atoms with Crippen molar-refractivity contribution in [1.29, 1.82) is 0 Å². The molecular weight excluding hydrogens is 202 g/mol. The zero-order valence-electron chi connectivity index (χ0n) is 9.10. The molecule has 1 heterocycles. The van der Waals surface area contributed by atoms with Crippen LogP contribution in [0.5, 0.6) is 5.75 Å². The number of hydrogen-bond acceptors (Lipinski definition) is 2. The SMILES string of the molecule is C=CC1CC(=O)N(Cc2ccccc2O)C1. The molecule has 3 nitrogen and oxygen atoms in total. The van der Waals surface area contributed by atoms with Crippen molar-refractivity contribution >= 4 is 5.91 Å². The van der Waals surface area contributed by atoms with Crippen LogP contribution in [-0.2, 0) is 11.3 Å². The molecule has 1 atom stereocenters. The summed E-state index contributed by atoms with van der Waals surface area (Å²) in [6.45, 7) is 4.89. The quantitative estimate of drug-likeness (QED) is 0.786. The van der Waals surface area contributed by atoms with Gasteiger partial charge in [0.1, 0.15) is 5.75 Å². The van der Waals surface area contributed by atoms with Gasteiger partial charge in [0.2, 0.25) is 5.91 Å². The number of carbonyl (C=O) groups is 1. The fourth-order valence-electron chi connectivity index (χ4n) is 1.96. The number of carbonyl (C=O) groups excluding carboxylic acids is 1. The third-order valence-electron chi connectivity index (χ3n) is 2.93. The molecule has 1 unspecified atom stereocenters. The number of nitrogens with zero attached hydrogens (tertiary/aromatic N) is 1. The molecule has 0 aromatic heterocycles.